The summed E-state index contributed by atoms with van der Waals surface area (Å²) in [5.74, 6) is 0. The van der Waals surface area contributed by atoms with Gasteiger partial charge in [-0.05, 0) is 57.8 Å². The van der Waals surface area contributed by atoms with Crippen molar-refractivity contribution in [2.75, 3.05) is 13.1 Å². The Bertz CT molecular complexity index is 384. The lowest BCUT2D eigenvalue weighted by Crippen LogP contribution is -2.49. The zero-order chi connectivity index (χ0) is 12.4. The van der Waals surface area contributed by atoms with Gasteiger partial charge < -0.3 is 0 Å². The first-order valence-corrected chi connectivity index (χ1v) is 8.45. The van der Waals surface area contributed by atoms with Gasteiger partial charge in [0.1, 0.15) is 0 Å². The smallest absolute Gasteiger partial charge is 0.0553 e. The first-order chi connectivity index (χ1) is 8.81. The first kappa shape index (κ1) is 12.7. The quantitative estimate of drug-likeness (QED) is 0.747. The van der Waals surface area contributed by atoms with Crippen LogP contribution in [0.2, 0.25) is 0 Å². The molecule has 1 saturated heterocycles. The fourth-order valence-electron chi connectivity index (χ4n) is 3.86. The summed E-state index contributed by atoms with van der Waals surface area (Å²) >= 11 is 2.05. The molecule has 0 atom stereocenters. The molecule has 2 heteroatoms. The van der Waals surface area contributed by atoms with Crippen LogP contribution < -0.4 is 0 Å². The molecule has 2 aliphatic rings. The van der Waals surface area contributed by atoms with Gasteiger partial charge in [0.2, 0.25) is 0 Å². The van der Waals surface area contributed by atoms with Gasteiger partial charge in [0.15, 0.2) is 0 Å². The molecule has 1 aliphatic carbocycles. The molecule has 18 heavy (non-hydrogen) atoms. The van der Waals surface area contributed by atoms with Crippen molar-refractivity contribution in [3.8, 4) is 0 Å². The van der Waals surface area contributed by atoms with E-state index < -0.39 is 0 Å². The summed E-state index contributed by atoms with van der Waals surface area (Å²) in [6.45, 7) is 4.91. The normalized spacial score (nSPS) is 25.2. The molecule has 0 N–H and O–H groups in total. The lowest BCUT2D eigenvalue weighted by Gasteiger charge is -2.48. The van der Waals surface area contributed by atoms with Crippen molar-refractivity contribution >= 4 is 11.3 Å². The molecule has 2 fully saturated rings. The van der Waals surface area contributed by atoms with E-state index in [1.165, 1.54) is 69.3 Å². The molecule has 0 amide bonds. The Morgan fingerprint density at radius 2 is 1.61 bits per heavy atom. The number of hydrogen-bond donors (Lipinski definition) is 0. The van der Waals surface area contributed by atoms with Gasteiger partial charge >= 0.3 is 0 Å². The van der Waals surface area contributed by atoms with Crippen LogP contribution >= 0.6 is 11.3 Å². The third-order valence-corrected chi connectivity index (χ3v) is 6.04. The average molecular weight is 263 g/mol. The molecular formula is C16H25NS. The monoisotopic (exact) mass is 263 g/mol. The minimum atomic E-state index is 0.414. The second-order valence-corrected chi connectivity index (χ2v) is 7.34. The van der Waals surface area contributed by atoms with Crippen molar-refractivity contribution in [2.24, 2.45) is 0 Å². The average Bonchev–Trinajstić information content (AvgIpc) is 2.88. The number of piperidine rings is 1. The zero-order valence-electron chi connectivity index (χ0n) is 11.6. The number of hydrogen-bond acceptors (Lipinski definition) is 2. The number of rotatable bonds is 2. The van der Waals surface area contributed by atoms with E-state index in [1.54, 1.807) is 4.88 Å². The topological polar surface area (TPSA) is 3.24 Å². The molecule has 2 heterocycles. The fraction of sp³-hybridized carbons (Fsp3) is 0.750. The van der Waals surface area contributed by atoms with Crippen LogP contribution in [0, 0.1) is 6.92 Å². The molecule has 1 aromatic rings. The molecule has 100 valence electrons. The van der Waals surface area contributed by atoms with Crippen LogP contribution in [-0.2, 0) is 5.54 Å². The number of likely N-dealkylation sites (tertiary alicyclic amines) is 1. The van der Waals surface area contributed by atoms with Gasteiger partial charge in [-0.25, -0.2) is 0 Å². The van der Waals surface area contributed by atoms with Gasteiger partial charge in [-0.3, -0.25) is 4.90 Å². The van der Waals surface area contributed by atoms with E-state index in [-0.39, 0.29) is 0 Å². The maximum Gasteiger partial charge on any atom is 0.0553 e. The molecule has 3 rings (SSSR count). The highest BCUT2D eigenvalue weighted by atomic mass is 32.1. The zero-order valence-corrected chi connectivity index (χ0v) is 12.4. The molecule has 0 radical (unpaired) electrons. The highest BCUT2D eigenvalue weighted by Crippen LogP contribution is 2.45. The highest BCUT2D eigenvalue weighted by Gasteiger charge is 2.40. The van der Waals surface area contributed by atoms with Crippen molar-refractivity contribution in [2.45, 2.75) is 63.8 Å². The summed E-state index contributed by atoms with van der Waals surface area (Å²) < 4.78 is 0. The maximum absolute atomic E-state index is 2.83. The minimum Gasteiger partial charge on any atom is -0.293 e. The molecule has 1 aliphatic heterocycles. The Kier molecular flexibility index (Phi) is 3.76. The Balaban J connectivity index is 1.91. The summed E-state index contributed by atoms with van der Waals surface area (Å²) in [4.78, 5) is 5.97. The van der Waals surface area contributed by atoms with Crippen LogP contribution in [0.15, 0.2) is 12.1 Å². The summed E-state index contributed by atoms with van der Waals surface area (Å²) in [7, 11) is 0. The van der Waals surface area contributed by atoms with Crippen molar-refractivity contribution in [3.63, 3.8) is 0 Å². The van der Waals surface area contributed by atoms with E-state index in [1.807, 2.05) is 11.3 Å². The lowest BCUT2D eigenvalue weighted by molar-refractivity contribution is 0.0332. The van der Waals surface area contributed by atoms with E-state index in [4.69, 9.17) is 0 Å². The van der Waals surface area contributed by atoms with Gasteiger partial charge in [0, 0.05) is 9.75 Å². The van der Waals surface area contributed by atoms with Crippen LogP contribution in [0.5, 0.6) is 0 Å². The van der Waals surface area contributed by atoms with Crippen LogP contribution in [-0.4, -0.2) is 18.0 Å². The van der Waals surface area contributed by atoms with Gasteiger partial charge in [-0.2, -0.15) is 0 Å². The van der Waals surface area contributed by atoms with Crippen molar-refractivity contribution in [1.29, 1.82) is 0 Å². The Hall–Kier alpha value is -0.340. The molecule has 0 spiro atoms. The summed E-state index contributed by atoms with van der Waals surface area (Å²) in [5.41, 5.74) is 0.414. The van der Waals surface area contributed by atoms with E-state index in [0.29, 0.717) is 5.54 Å². The third kappa shape index (κ3) is 2.25. The molecule has 0 aromatic carbocycles. The van der Waals surface area contributed by atoms with Crippen LogP contribution in [0.1, 0.15) is 61.1 Å². The Morgan fingerprint density at radius 1 is 0.944 bits per heavy atom. The highest BCUT2D eigenvalue weighted by molar-refractivity contribution is 7.12. The van der Waals surface area contributed by atoms with E-state index in [0.717, 1.165) is 0 Å². The summed E-state index contributed by atoms with van der Waals surface area (Å²) in [6, 6.07) is 4.74. The summed E-state index contributed by atoms with van der Waals surface area (Å²) in [6.07, 6.45) is 11.3. The first-order valence-electron chi connectivity index (χ1n) is 7.63. The third-order valence-electron chi connectivity index (χ3n) is 4.84. The standard InChI is InChI=1S/C16H25NS/c1-14-8-9-15(18-14)16(10-4-2-5-11-16)17-12-6-3-7-13-17/h8-9H,2-7,10-13H2,1H3. The molecule has 0 bridgehead atoms. The van der Waals surface area contributed by atoms with Crippen molar-refractivity contribution in [3.05, 3.63) is 21.9 Å². The van der Waals surface area contributed by atoms with Crippen LogP contribution in [0.4, 0.5) is 0 Å². The van der Waals surface area contributed by atoms with Gasteiger partial charge in [-0.1, -0.05) is 25.7 Å². The number of nitrogens with zero attached hydrogens (tertiary/aromatic N) is 1. The van der Waals surface area contributed by atoms with Gasteiger partial charge in [0.25, 0.3) is 0 Å². The summed E-state index contributed by atoms with van der Waals surface area (Å²) in [5, 5.41) is 0. The van der Waals surface area contributed by atoms with E-state index in [9.17, 15) is 0 Å². The molecule has 0 unspecified atom stereocenters. The molecule has 1 nitrogen and oxygen atoms in total. The minimum absolute atomic E-state index is 0.414. The number of aryl methyl sites for hydroxylation is 1. The van der Waals surface area contributed by atoms with Crippen LogP contribution in [0.3, 0.4) is 0 Å². The molecule has 1 saturated carbocycles. The lowest BCUT2D eigenvalue weighted by atomic mass is 9.78. The van der Waals surface area contributed by atoms with E-state index in [2.05, 4.69) is 24.0 Å². The molecule has 1 aromatic heterocycles. The Morgan fingerprint density at radius 3 is 2.22 bits per heavy atom. The van der Waals surface area contributed by atoms with Crippen LogP contribution in [0.25, 0.3) is 0 Å². The second kappa shape index (κ2) is 5.34. The predicted octanol–water partition coefficient (Wildman–Crippen LogP) is 4.70. The van der Waals surface area contributed by atoms with Crippen molar-refractivity contribution in [1.82, 2.24) is 4.90 Å². The SMILES string of the molecule is Cc1ccc(C2(N3CCCCC3)CCCCC2)s1. The van der Waals surface area contributed by atoms with Gasteiger partial charge in [0.05, 0.1) is 5.54 Å². The predicted molar refractivity (Wildman–Crippen MR) is 79.2 cm³/mol. The van der Waals surface area contributed by atoms with Crippen molar-refractivity contribution < 1.29 is 0 Å². The van der Waals surface area contributed by atoms with Gasteiger partial charge in [-0.15, -0.1) is 11.3 Å². The molecular weight excluding hydrogens is 238 g/mol. The van der Waals surface area contributed by atoms with E-state index >= 15 is 0 Å². The Labute approximate surface area is 115 Å². The second-order valence-electron chi connectivity index (χ2n) is 6.05. The number of thiophene rings is 1. The largest absolute Gasteiger partial charge is 0.293 e. The maximum atomic E-state index is 2.83. The fourth-order valence-corrected chi connectivity index (χ4v) is 5.00.